The summed E-state index contributed by atoms with van der Waals surface area (Å²) >= 11 is 0. The lowest BCUT2D eigenvalue weighted by Gasteiger charge is -2.33. The Balaban J connectivity index is 1.53. The van der Waals surface area contributed by atoms with Gasteiger partial charge in [-0.25, -0.2) is 13.2 Å². The van der Waals surface area contributed by atoms with Crippen LogP contribution in [0.15, 0.2) is 42.0 Å². The molecule has 1 amide bonds. The van der Waals surface area contributed by atoms with Gasteiger partial charge in [-0.1, -0.05) is 50.3 Å². The van der Waals surface area contributed by atoms with Crippen molar-refractivity contribution in [3.05, 3.63) is 53.1 Å². The van der Waals surface area contributed by atoms with E-state index in [1.54, 1.807) is 4.90 Å². The molecule has 9 nitrogen and oxygen atoms in total. The Hall–Kier alpha value is -2.69. The first-order valence-electron chi connectivity index (χ1n) is 15.1. The van der Waals surface area contributed by atoms with E-state index < -0.39 is 34.1 Å². The van der Waals surface area contributed by atoms with Crippen molar-refractivity contribution in [1.82, 2.24) is 9.80 Å². The van der Waals surface area contributed by atoms with Gasteiger partial charge in [-0.05, 0) is 68.3 Å². The average molecular weight is 603 g/mol. The fourth-order valence-corrected chi connectivity index (χ4v) is 7.26. The van der Waals surface area contributed by atoms with Crippen molar-refractivity contribution < 1.29 is 32.6 Å². The zero-order valence-corrected chi connectivity index (χ0v) is 26.1. The standard InChI is InChI=1S/C32H46N2O7S/c1-22-8-10-27(35)20-30(36)41-31(23(2)9-13-29(22)40-32(37)34-16-14-33(4)15-17-34)24(3)18-25-6-5-7-26(19-25)21-42(38,39)28-11-12-28/h5-7,9,13,18-19,22-23,27-29,31,35H,8,10-12,14-17,20-21H2,1-4H3/b13-9+,24-18+/t22-,23-,27+,29-,31-/m0/s1. The number of esters is 1. The third-order valence-corrected chi connectivity index (χ3v) is 10.7. The van der Waals surface area contributed by atoms with Crippen LogP contribution in [-0.4, -0.2) is 92.2 Å². The van der Waals surface area contributed by atoms with Crippen LogP contribution >= 0.6 is 0 Å². The van der Waals surface area contributed by atoms with E-state index in [-0.39, 0.29) is 35.4 Å². The number of rotatable bonds is 6. The molecule has 1 N–H and O–H groups in total. The molecule has 4 rings (SSSR count). The van der Waals surface area contributed by atoms with Gasteiger partial charge in [0.1, 0.15) is 12.2 Å². The minimum absolute atomic E-state index is 0.0141. The van der Waals surface area contributed by atoms with Gasteiger partial charge < -0.3 is 24.4 Å². The molecule has 0 radical (unpaired) electrons. The highest BCUT2D eigenvalue weighted by atomic mass is 32.2. The molecule has 2 fully saturated rings. The first-order chi connectivity index (χ1) is 19.9. The zero-order valence-electron chi connectivity index (χ0n) is 25.3. The van der Waals surface area contributed by atoms with Crippen molar-refractivity contribution in [3.8, 4) is 0 Å². The quantitative estimate of drug-likeness (QED) is 0.381. The van der Waals surface area contributed by atoms with Gasteiger partial charge in [0, 0.05) is 32.1 Å². The lowest BCUT2D eigenvalue weighted by atomic mass is 9.91. The van der Waals surface area contributed by atoms with E-state index >= 15 is 0 Å². The number of carbonyl (C=O) groups is 2. The van der Waals surface area contributed by atoms with Crippen LogP contribution in [0.2, 0.25) is 0 Å². The molecule has 42 heavy (non-hydrogen) atoms. The van der Waals surface area contributed by atoms with E-state index in [0.717, 1.165) is 42.6 Å². The van der Waals surface area contributed by atoms with Crippen molar-refractivity contribution in [2.45, 2.75) is 82.2 Å². The molecule has 3 aliphatic rings. The summed E-state index contributed by atoms with van der Waals surface area (Å²) in [7, 11) is -1.11. The Kier molecular flexibility index (Phi) is 10.9. The molecule has 0 spiro atoms. The third-order valence-electron chi connectivity index (χ3n) is 8.45. The number of carbonyl (C=O) groups excluding carboxylic acids is 2. The second kappa shape index (κ2) is 14.2. The number of sulfone groups is 1. The van der Waals surface area contributed by atoms with Gasteiger partial charge in [0.15, 0.2) is 9.84 Å². The predicted molar refractivity (Wildman–Crippen MR) is 162 cm³/mol. The number of ether oxygens (including phenoxy) is 2. The number of cyclic esters (lactones) is 1. The fraction of sp³-hybridized carbons (Fsp3) is 0.625. The van der Waals surface area contributed by atoms with Crippen LogP contribution in [0.5, 0.6) is 0 Å². The Labute approximate surface area is 250 Å². The number of likely N-dealkylation sites (N-methyl/N-ethyl adjacent to an activating group) is 1. The van der Waals surface area contributed by atoms with Gasteiger partial charge in [-0.2, -0.15) is 0 Å². The van der Waals surface area contributed by atoms with Crippen molar-refractivity contribution in [1.29, 1.82) is 0 Å². The number of aliphatic hydroxyl groups excluding tert-OH is 1. The third kappa shape index (κ3) is 9.15. The maximum atomic E-state index is 13.0. The van der Waals surface area contributed by atoms with Crippen LogP contribution in [0.1, 0.15) is 64.0 Å². The fourth-order valence-electron chi connectivity index (χ4n) is 5.52. The van der Waals surface area contributed by atoms with E-state index in [4.69, 9.17) is 9.47 Å². The van der Waals surface area contributed by atoms with Crippen LogP contribution in [-0.2, 0) is 29.9 Å². The Morgan fingerprint density at radius 2 is 1.81 bits per heavy atom. The minimum atomic E-state index is -3.14. The molecule has 1 aromatic rings. The average Bonchev–Trinajstić information content (AvgIpc) is 3.79. The Morgan fingerprint density at radius 3 is 2.50 bits per heavy atom. The molecule has 2 heterocycles. The molecule has 232 valence electrons. The molecule has 1 aromatic carbocycles. The molecule has 1 aliphatic carbocycles. The number of aliphatic hydroxyl groups is 1. The topological polar surface area (TPSA) is 113 Å². The summed E-state index contributed by atoms with van der Waals surface area (Å²) in [5.74, 6) is -0.770. The largest absolute Gasteiger partial charge is 0.457 e. The normalized spacial score (nSPS) is 29.6. The first kappa shape index (κ1) is 32.2. The molecule has 5 atom stereocenters. The second-order valence-electron chi connectivity index (χ2n) is 12.3. The Bertz CT molecular complexity index is 1270. The number of nitrogens with zero attached hydrogens (tertiary/aromatic N) is 2. The van der Waals surface area contributed by atoms with E-state index in [1.165, 1.54) is 0 Å². The van der Waals surface area contributed by atoms with Crippen LogP contribution in [0.4, 0.5) is 4.79 Å². The van der Waals surface area contributed by atoms with Crippen LogP contribution < -0.4 is 0 Å². The summed E-state index contributed by atoms with van der Waals surface area (Å²) in [5.41, 5.74) is 2.34. The van der Waals surface area contributed by atoms with Gasteiger partial charge in [-0.15, -0.1) is 0 Å². The van der Waals surface area contributed by atoms with Gasteiger partial charge in [0.2, 0.25) is 0 Å². The highest BCUT2D eigenvalue weighted by Gasteiger charge is 2.35. The van der Waals surface area contributed by atoms with Gasteiger partial charge in [-0.3, -0.25) is 4.79 Å². The van der Waals surface area contributed by atoms with Crippen molar-refractivity contribution >= 4 is 28.0 Å². The molecule has 1 saturated heterocycles. The summed E-state index contributed by atoms with van der Waals surface area (Å²) in [6, 6.07) is 7.42. The maximum Gasteiger partial charge on any atom is 0.410 e. The summed E-state index contributed by atoms with van der Waals surface area (Å²) < 4.78 is 36.9. The lowest BCUT2D eigenvalue weighted by molar-refractivity contribution is -0.151. The first-order valence-corrected chi connectivity index (χ1v) is 16.8. The second-order valence-corrected chi connectivity index (χ2v) is 14.6. The molecule has 0 bridgehead atoms. The number of hydrogen-bond acceptors (Lipinski definition) is 8. The van der Waals surface area contributed by atoms with Gasteiger partial charge in [0.25, 0.3) is 0 Å². The van der Waals surface area contributed by atoms with Gasteiger partial charge >= 0.3 is 12.1 Å². The van der Waals surface area contributed by atoms with Gasteiger partial charge in [0.05, 0.1) is 23.5 Å². The van der Waals surface area contributed by atoms with Crippen molar-refractivity contribution in [2.75, 3.05) is 33.2 Å². The maximum absolute atomic E-state index is 13.0. The zero-order chi connectivity index (χ0) is 30.4. The van der Waals surface area contributed by atoms with E-state index in [2.05, 4.69) is 4.90 Å². The molecule has 2 aliphatic heterocycles. The van der Waals surface area contributed by atoms with E-state index in [1.807, 2.05) is 70.3 Å². The highest BCUT2D eigenvalue weighted by Crippen LogP contribution is 2.31. The molecule has 10 heteroatoms. The molecular formula is C32H46N2O7S. The number of benzene rings is 1. The minimum Gasteiger partial charge on any atom is -0.457 e. The molecule has 0 unspecified atom stereocenters. The number of hydrogen-bond donors (Lipinski definition) is 1. The highest BCUT2D eigenvalue weighted by molar-refractivity contribution is 7.91. The molecular weight excluding hydrogens is 556 g/mol. The SMILES string of the molecule is C/C(=C\c1cccc(CS(=O)(=O)C2CC2)c1)[C@H]1OC(=O)C[C@H](O)CC[C@H](C)[C@@H](OC(=O)N2CCN(C)CC2)/C=C/[C@@H]1C. The number of piperazine rings is 1. The summed E-state index contributed by atoms with van der Waals surface area (Å²) in [4.78, 5) is 29.7. The Morgan fingerprint density at radius 1 is 1.10 bits per heavy atom. The van der Waals surface area contributed by atoms with Crippen LogP contribution in [0, 0.1) is 11.8 Å². The van der Waals surface area contributed by atoms with Crippen molar-refractivity contribution in [2.24, 2.45) is 11.8 Å². The van der Waals surface area contributed by atoms with Crippen LogP contribution in [0.25, 0.3) is 6.08 Å². The summed E-state index contributed by atoms with van der Waals surface area (Å²) in [5, 5.41) is 10.3. The van der Waals surface area contributed by atoms with E-state index in [9.17, 15) is 23.1 Å². The smallest absolute Gasteiger partial charge is 0.410 e. The van der Waals surface area contributed by atoms with E-state index in [0.29, 0.717) is 25.9 Å². The monoisotopic (exact) mass is 602 g/mol. The summed E-state index contributed by atoms with van der Waals surface area (Å²) in [6.45, 7) is 8.64. The molecule has 0 aromatic heterocycles. The van der Waals surface area contributed by atoms with Crippen LogP contribution in [0.3, 0.4) is 0 Å². The number of amides is 1. The summed E-state index contributed by atoms with van der Waals surface area (Å²) in [6.07, 6.45) is 5.75. The molecule has 1 saturated carbocycles. The van der Waals surface area contributed by atoms with Crippen molar-refractivity contribution in [3.63, 3.8) is 0 Å². The predicted octanol–water partition coefficient (Wildman–Crippen LogP) is 4.20. The lowest BCUT2D eigenvalue weighted by Crippen LogP contribution is -2.48.